The molecule has 0 spiro atoms. The Kier molecular flexibility index (Phi) is 4.52. The van der Waals surface area contributed by atoms with Crippen molar-refractivity contribution in [1.82, 2.24) is 5.32 Å². The molecule has 1 aliphatic heterocycles. The van der Waals surface area contributed by atoms with E-state index in [-0.39, 0.29) is 11.8 Å². The molecule has 2 atom stereocenters. The molecule has 1 aromatic rings. The number of amidine groups is 1. The summed E-state index contributed by atoms with van der Waals surface area (Å²) < 4.78 is 22.4. The average molecular weight is 298 g/mol. The molecule has 0 aromatic heterocycles. The van der Waals surface area contributed by atoms with Crippen molar-refractivity contribution in [2.24, 2.45) is 4.99 Å². The largest absolute Gasteiger partial charge is 0.361 e. The van der Waals surface area contributed by atoms with Gasteiger partial charge in [-0.05, 0) is 12.5 Å². The van der Waals surface area contributed by atoms with E-state index in [0.717, 1.165) is 11.7 Å². The summed E-state index contributed by atoms with van der Waals surface area (Å²) in [4.78, 5) is 4.44. The number of sulfone groups is 1. The Hall–Kier alpha value is -1.01. The van der Waals surface area contributed by atoms with Gasteiger partial charge in [0.25, 0.3) is 0 Å². The van der Waals surface area contributed by atoms with Crippen molar-refractivity contribution in [3.05, 3.63) is 35.9 Å². The first kappa shape index (κ1) is 14.4. The molecule has 0 saturated heterocycles. The quantitative estimate of drug-likeness (QED) is 0.921. The summed E-state index contributed by atoms with van der Waals surface area (Å²) in [6, 6.07) is 10.1. The summed E-state index contributed by atoms with van der Waals surface area (Å²) in [6.07, 6.45) is 1.25. The van der Waals surface area contributed by atoms with Crippen LogP contribution >= 0.6 is 11.8 Å². The van der Waals surface area contributed by atoms with Crippen molar-refractivity contribution in [1.29, 1.82) is 0 Å². The Balaban J connectivity index is 1.89. The molecule has 104 valence electrons. The van der Waals surface area contributed by atoms with Crippen LogP contribution < -0.4 is 5.32 Å². The van der Waals surface area contributed by atoms with Crippen LogP contribution in [0.25, 0.3) is 0 Å². The Labute approximate surface area is 118 Å². The first-order valence-corrected chi connectivity index (χ1v) is 9.08. The van der Waals surface area contributed by atoms with E-state index in [2.05, 4.69) is 22.4 Å². The SMILES string of the molecule is CC(CS(C)(=O)=O)NC1=NCC(c2ccccc2)S1. The monoisotopic (exact) mass is 298 g/mol. The molecule has 1 N–H and O–H groups in total. The van der Waals surface area contributed by atoms with E-state index in [1.165, 1.54) is 11.8 Å². The van der Waals surface area contributed by atoms with Gasteiger partial charge in [-0.15, -0.1) is 0 Å². The minimum Gasteiger partial charge on any atom is -0.361 e. The molecule has 0 aliphatic carbocycles. The number of nitrogens with zero attached hydrogens (tertiary/aromatic N) is 1. The molecule has 0 fully saturated rings. The van der Waals surface area contributed by atoms with Crippen LogP contribution in [0, 0.1) is 0 Å². The summed E-state index contributed by atoms with van der Waals surface area (Å²) >= 11 is 1.66. The lowest BCUT2D eigenvalue weighted by atomic mass is 10.1. The lowest BCUT2D eigenvalue weighted by molar-refractivity contribution is 0.591. The molecule has 0 saturated carbocycles. The Morgan fingerprint density at radius 2 is 2.11 bits per heavy atom. The highest BCUT2D eigenvalue weighted by atomic mass is 32.2. The molecule has 0 radical (unpaired) electrons. The number of nitrogens with one attached hydrogen (secondary N) is 1. The fourth-order valence-corrected chi connectivity index (χ4v) is 4.12. The number of thioether (sulfide) groups is 1. The van der Waals surface area contributed by atoms with Gasteiger partial charge in [0.05, 0.1) is 17.5 Å². The van der Waals surface area contributed by atoms with Crippen LogP contribution in [0.5, 0.6) is 0 Å². The molecular formula is C13H18N2O2S2. The summed E-state index contributed by atoms with van der Waals surface area (Å²) in [6.45, 7) is 2.60. The summed E-state index contributed by atoms with van der Waals surface area (Å²) in [5.41, 5.74) is 1.25. The van der Waals surface area contributed by atoms with Crippen LogP contribution in [0.15, 0.2) is 35.3 Å². The lowest BCUT2D eigenvalue weighted by Crippen LogP contribution is -2.35. The van der Waals surface area contributed by atoms with Gasteiger partial charge in [-0.3, -0.25) is 4.99 Å². The van der Waals surface area contributed by atoms with E-state index < -0.39 is 9.84 Å². The second kappa shape index (κ2) is 5.96. The normalized spacial score (nSPS) is 20.9. The van der Waals surface area contributed by atoms with E-state index in [1.54, 1.807) is 11.8 Å². The number of hydrogen-bond donors (Lipinski definition) is 1. The van der Waals surface area contributed by atoms with Gasteiger partial charge >= 0.3 is 0 Å². The minimum atomic E-state index is -2.96. The maximum Gasteiger partial charge on any atom is 0.157 e. The number of hydrogen-bond acceptors (Lipinski definition) is 5. The van der Waals surface area contributed by atoms with Gasteiger partial charge in [-0.2, -0.15) is 0 Å². The van der Waals surface area contributed by atoms with Crippen molar-refractivity contribution < 1.29 is 8.42 Å². The van der Waals surface area contributed by atoms with Crippen molar-refractivity contribution in [2.75, 3.05) is 18.6 Å². The van der Waals surface area contributed by atoms with Crippen molar-refractivity contribution >= 4 is 26.8 Å². The maximum absolute atomic E-state index is 11.2. The van der Waals surface area contributed by atoms with Crippen LogP contribution in [0.4, 0.5) is 0 Å². The van der Waals surface area contributed by atoms with Crippen LogP contribution in [0.2, 0.25) is 0 Å². The van der Waals surface area contributed by atoms with Crippen LogP contribution in [-0.2, 0) is 9.84 Å². The van der Waals surface area contributed by atoms with Gasteiger partial charge in [0.1, 0.15) is 9.84 Å². The van der Waals surface area contributed by atoms with Gasteiger partial charge in [0.2, 0.25) is 0 Å². The molecule has 1 aliphatic rings. The zero-order valence-electron chi connectivity index (χ0n) is 11.0. The summed E-state index contributed by atoms with van der Waals surface area (Å²) in [5.74, 6) is 0.128. The van der Waals surface area contributed by atoms with Crippen LogP contribution in [0.3, 0.4) is 0 Å². The van der Waals surface area contributed by atoms with Crippen molar-refractivity contribution in [3.8, 4) is 0 Å². The van der Waals surface area contributed by atoms with Gasteiger partial charge in [0, 0.05) is 12.3 Å². The fourth-order valence-electron chi connectivity index (χ4n) is 2.00. The van der Waals surface area contributed by atoms with Crippen LogP contribution in [0.1, 0.15) is 17.7 Å². The molecule has 2 rings (SSSR count). The highest BCUT2D eigenvalue weighted by Gasteiger charge is 2.22. The third-order valence-electron chi connectivity index (χ3n) is 2.75. The zero-order chi connectivity index (χ0) is 13.9. The molecule has 1 heterocycles. The molecule has 0 amide bonds. The molecule has 2 unspecified atom stereocenters. The average Bonchev–Trinajstić information content (AvgIpc) is 2.76. The standard InChI is InChI=1S/C13H18N2O2S2/c1-10(9-19(2,16)17)15-13-14-8-12(18-13)11-6-4-3-5-7-11/h3-7,10,12H,8-9H2,1-2H3,(H,14,15). The molecule has 4 nitrogen and oxygen atoms in total. The van der Waals surface area contributed by atoms with E-state index in [9.17, 15) is 8.42 Å². The van der Waals surface area contributed by atoms with Gasteiger partial charge < -0.3 is 5.32 Å². The maximum atomic E-state index is 11.2. The third-order valence-corrected chi connectivity index (χ3v) is 5.03. The summed E-state index contributed by atoms with van der Waals surface area (Å²) in [7, 11) is -2.96. The lowest BCUT2D eigenvalue weighted by Gasteiger charge is -2.14. The zero-order valence-corrected chi connectivity index (χ0v) is 12.7. The van der Waals surface area contributed by atoms with Crippen molar-refractivity contribution in [3.63, 3.8) is 0 Å². The first-order valence-electron chi connectivity index (χ1n) is 6.14. The molecule has 19 heavy (non-hydrogen) atoms. The summed E-state index contributed by atoms with van der Waals surface area (Å²) in [5, 5.41) is 4.33. The Morgan fingerprint density at radius 1 is 1.42 bits per heavy atom. The van der Waals surface area contributed by atoms with Crippen LogP contribution in [-0.4, -0.2) is 38.2 Å². The second-order valence-corrected chi connectivity index (χ2v) is 8.18. The topological polar surface area (TPSA) is 58.5 Å². The predicted molar refractivity (Wildman–Crippen MR) is 81.4 cm³/mol. The fraction of sp³-hybridized carbons (Fsp3) is 0.462. The molecular weight excluding hydrogens is 280 g/mol. The number of aliphatic imine (C=N–C) groups is 1. The third kappa shape index (κ3) is 4.54. The van der Waals surface area contributed by atoms with E-state index in [0.29, 0.717) is 5.25 Å². The number of rotatable bonds is 4. The molecule has 6 heteroatoms. The predicted octanol–water partition coefficient (Wildman–Crippen LogP) is 1.85. The Bertz CT molecular complexity index is 555. The minimum absolute atomic E-state index is 0.115. The number of benzene rings is 1. The smallest absolute Gasteiger partial charge is 0.157 e. The first-order chi connectivity index (χ1) is 8.94. The van der Waals surface area contributed by atoms with E-state index in [4.69, 9.17) is 0 Å². The van der Waals surface area contributed by atoms with Gasteiger partial charge in [0.15, 0.2) is 5.17 Å². The van der Waals surface area contributed by atoms with E-state index in [1.807, 2.05) is 25.1 Å². The highest BCUT2D eigenvalue weighted by molar-refractivity contribution is 8.14. The Morgan fingerprint density at radius 3 is 2.74 bits per heavy atom. The molecule has 1 aromatic carbocycles. The molecule has 0 bridgehead atoms. The van der Waals surface area contributed by atoms with Gasteiger partial charge in [-0.25, -0.2) is 8.42 Å². The highest BCUT2D eigenvalue weighted by Crippen LogP contribution is 2.34. The van der Waals surface area contributed by atoms with Gasteiger partial charge in [-0.1, -0.05) is 42.1 Å². The second-order valence-electron chi connectivity index (χ2n) is 4.80. The van der Waals surface area contributed by atoms with E-state index >= 15 is 0 Å². The van der Waals surface area contributed by atoms with Crippen molar-refractivity contribution in [2.45, 2.75) is 18.2 Å².